The number of fused-ring (bicyclic) bond motifs is 1. The van der Waals surface area contributed by atoms with Crippen molar-refractivity contribution in [2.45, 2.75) is 64.0 Å². The maximum absolute atomic E-state index is 14.2. The van der Waals surface area contributed by atoms with Crippen molar-refractivity contribution in [3.8, 4) is 17.2 Å². The van der Waals surface area contributed by atoms with E-state index in [2.05, 4.69) is 41.5 Å². The van der Waals surface area contributed by atoms with E-state index in [1.54, 1.807) is 18.1 Å². The highest BCUT2D eigenvalue weighted by Gasteiger charge is 2.28. The molecule has 7 nitrogen and oxygen atoms in total. The van der Waals surface area contributed by atoms with Gasteiger partial charge >= 0.3 is 0 Å². The second-order valence-electron chi connectivity index (χ2n) is 10.1. The van der Waals surface area contributed by atoms with Gasteiger partial charge in [0.15, 0.2) is 0 Å². The van der Waals surface area contributed by atoms with Crippen LogP contribution in [0.25, 0.3) is 16.9 Å². The third kappa shape index (κ3) is 5.80. The molecule has 1 fully saturated rings. The molecular weight excluding hydrogens is 506 g/mol. The van der Waals surface area contributed by atoms with Crippen LogP contribution in [-0.2, 0) is 17.6 Å². The topological polar surface area (TPSA) is 85.2 Å². The third-order valence-corrected chi connectivity index (χ3v) is 8.23. The molecule has 0 N–H and O–H groups in total. The lowest BCUT2D eigenvalue weighted by Crippen LogP contribution is -2.35. The Hall–Kier alpha value is -3.41. The van der Waals surface area contributed by atoms with Gasteiger partial charge in [0.1, 0.15) is 6.33 Å². The van der Waals surface area contributed by atoms with Gasteiger partial charge in [0.2, 0.25) is 5.78 Å². The molecule has 202 valence electrons. The van der Waals surface area contributed by atoms with Crippen LogP contribution in [0.2, 0.25) is 0 Å². The zero-order valence-corrected chi connectivity index (χ0v) is 23.5. The summed E-state index contributed by atoms with van der Waals surface area (Å²) in [5.74, 6) is 1.65. The zero-order chi connectivity index (χ0) is 27.2. The van der Waals surface area contributed by atoms with Gasteiger partial charge in [0.05, 0.1) is 30.0 Å². The molecule has 0 amide bonds. The van der Waals surface area contributed by atoms with Gasteiger partial charge < -0.3 is 4.74 Å². The van der Waals surface area contributed by atoms with Gasteiger partial charge in [-0.2, -0.15) is 27.1 Å². The van der Waals surface area contributed by atoms with Crippen LogP contribution in [0, 0.1) is 11.3 Å². The lowest BCUT2D eigenvalue weighted by atomic mass is 9.92. The van der Waals surface area contributed by atoms with E-state index in [9.17, 15) is 10.1 Å². The molecular formula is C31H35N5O2S. The fourth-order valence-electron chi connectivity index (χ4n) is 5.68. The van der Waals surface area contributed by atoms with Gasteiger partial charge in [-0.15, -0.1) is 0 Å². The molecule has 0 saturated heterocycles. The van der Waals surface area contributed by atoms with E-state index in [1.165, 1.54) is 0 Å². The molecule has 5 rings (SSSR count). The van der Waals surface area contributed by atoms with Crippen LogP contribution in [0.1, 0.15) is 67.5 Å². The molecule has 1 aliphatic rings. The van der Waals surface area contributed by atoms with E-state index in [-0.39, 0.29) is 17.7 Å². The van der Waals surface area contributed by atoms with Crippen LogP contribution in [0.3, 0.4) is 0 Å². The standard InChI is InChI=1S/C31H35N5O2S/c1-3-6-29-28(19-22-9-11-23(12-10-22)27-8-5-4-7-24(27)20-32)30(37)35(31-33-21-34-36(29)31)25-13-15-26(16-14-25)38-17-18-39-2/h4-5,7-12,21,25-26H,3,6,13-19H2,1-2H3. The molecule has 4 aromatic rings. The quantitative estimate of drug-likeness (QED) is 0.235. The highest BCUT2D eigenvalue weighted by molar-refractivity contribution is 7.98. The van der Waals surface area contributed by atoms with Gasteiger partial charge in [0.25, 0.3) is 5.56 Å². The summed E-state index contributed by atoms with van der Waals surface area (Å²) in [6.45, 7) is 2.90. The van der Waals surface area contributed by atoms with Crippen LogP contribution in [0.4, 0.5) is 0 Å². The summed E-state index contributed by atoms with van der Waals surface area (Å²) >= 11 is 1.80. The summed E-state index contributed by atoms with van der Waals surface area (Å²) < 4.78 is 9.85. The lowest BCUT2D eigenvalue weighted by molar-refractivity contribution is 0.0286. The van der Waals surface area contributed by atoms with E-state index in [4.69, 9.17) is 4.74 Å². The maximum Gasteiger partial charge on any atom is 0.259 e. The summed E-state index contributed by atoms with van der Waals surface area (Å²) in [6.07, 6.45) is 9.80. The Morgan fingerprint density at radius 1 is 1.10 bits per heavy atom. The molecule has 2 heterocycles. The van der Waals surface area contributed by atoms with Crippen molar-refractivity contribution in [1.82, 2.24) is 19.2 Å². The van der Waals surface area contributed by atoms with E-state index in [0.717, 1.165) is 78.8 Å². The van der Waals surface area contributed by atoms with Crippen molar-refractivity contribution in [3.05, 3.63) is 87.6 Å². The van der Waals surface area contributed by atoms with Crippen LogP contribution in [0.5, 0.6) is 0 Å². The highest BCUT2D eigenvalue weighted by Crippen LogP contribution is 2.31. The summed E-state index contributed by atoms with van der Waals surface area (Å²) in [4.78, 5) is 18.7. The van der Waals surface area contributed by atoms with Gasteiger partial charge in [-0.1, -0.05) is 55.8 Å². The minimum absolute atomic E-state index is 0.0459. The van der Waals surface area contributed by atoms with Gasteiger partial charge in [-0.25, -0.2) is 4.52 Å². The Labute approximate surface area is 233 Å². The molecule has 1 aliphatic carbocycles. The first kappa shape index (κ1) is 27.2. The minimum atomic E-state index is 0.0459. The number of hydrogen-bond donors (Lipinski definition) is 0. The predicted molar refractivity (Wildman–Crippen MR) is 156 cm³/mol. The summed E-state index contributed by atoms with van der Waals surface area (Å²) in [5, 5.41) is 14.1. The number of nitriles is 1. The van der Waals surface area contributed by atoms with Crippen molar-refractivity contribution < 1.29 is 4.74 Å². The Balaban J connectivity index is 1.46. The number of aryl methyl sites for hydroxylation is 1. The van der Waals surface area contributed by atoms with Gasteiger partial charge in [0, 0.05) is 23.8 Å². The molecule has 0 spiro atoms. The summed E-state index contributed by atoms with van der Waals surface area (Å²) in [7, 11) is 0. The van der Waals surface area contributed by atoms with Crippen molar-refractivity contribution in [2.24, 2.45) is 0 Å². The molecule has 0 aliphatic heterocycles. The molecule has 0 atom stereocenters. The molecule has 2 aromatic carbocycles. The smallest absolute Gasteiger partial charge is 0.259 e. The van der Waals surface area contributed by atoms with Crippen LogP contribution >= 0.6 is 11.8 Å². The van der Waals surface area contributed by atoms with Crippen molar-refractivity contribution in [3.63, 3.8) is 0 Å². The van der Waals surface area contributed by atoms with Gasteiger partial charge in [-0.05, 0) is 61.1 Å². The maximum atomic E-state index is 14.2. The first-order chi connectivity index (χ1) is 19.1. The number of aromatic nitrogens is 4. The monoisotopic (exact) mass is 541 g/mol. The Morgan fingerprint density at radius 3 is 2.59 bits per heavy atom. The van der Waals surface area contributed by atoms with Gasteiger partial charge in [-0.3, -0.25) is 9.36 Å². The summed E-state index contributed by atoms with van der Waals surface area (Å²) in [6, 6.07) is 18.2. The van der Waals surface area contributed by atoms with E-state index >= 15 is 0 Å². The van der Waals surface area contributed by atoms with E-state index < -0.39 is 0 Å². The average molecular weight is 542 g/mol. The minimum Gasteiger partial charge on any atom is -0.377 e. The number of hydrogen-bond acceptors (Lipinski definition) is 6. The number of benzene rings is 2. The molecule has 0 unspecified atom stereocenters. The molecule has 39 heavy (non-hydrogen) atoms. The second-order valence-corrected chi connectivity index (χ2v) is 11.1. The van der Waals surface area contributed by atoms with Crippen molar-refractivity contribution in [1.29, 1.82) is 5.26 Å². The SMILES string of the molecule is CCCc1c(Cc2ccc(-c3ccccc3C#N)cc2)c(=O)n(C2CCC(OCCSC)CC2)c2ncnn12. The Morgan fingerprint density at radius 2 is 1.87 bits per heavy atom. The predicted octanol–water partition coefficient (Wildman–Crippen LogP) is 5.84. The first-order valence-corrected chi connectivity index (χ1v) is 15.2. The fourth-order valence-corrected chi connectivity index (χ4v) is 5.95. The lowest BCUT2D eigenvalue weighted by Gasteiger charge is -2.30. The molecule has 1 saturated carbocycles. The Bertz CT molecular complexity index is 1510. The third-order valence-electron chi connectivity index (χ3n) is 7.66. The number of thioether (sulfide) groups is 1. The second kappa shape index (κ2) is 12.6. The molecule has 2 aromatic heterocycles. The number of nitrogens with zero attached hydrogens (tertiary/aromatic N) is 5. The Kier molecular flexibility index (Phi) is 8.80. The molecule has 8 heteroatoms. The van der Waals surface area contributed by atoms with Crippen molar-refractivity contribution >= 4 is 17.5 Å². The summed E-state index contributed by atoms with van der Waals surface area (Å²) in [5.41, 5.74) is 5.39. The van der Waals surface area contributed by atoms with E-state index in [0.29, 0.717) is 17.8 Å². The first-order valence-electron chi connectivity index (χ1n) is 13.8. The normalized spacial score (nSPS) is 17.4. The fraction of sp³-hybridized carbons (Fsp3) is 0.419. The van der Waals surface area contributed by atoms with Crippen LogP contribution in [-0.4, -0.2) is 43.9 Å². The number of ether oxygens (including phenoxy) is 1. The number of rotatable bonds is 10. The van der Waals surface area contributed by atoms with E-state index in [1.807, 2.05) is 45.5 Å². The largest absolute Gasteiger partial charge is 0.377 e. The zero-order valence-electron chi connectivity index (χ0n) is 22.7. The van der Waals surface area contributed by atoms with Crippen molar-refractivity contribution in [2.75, 3.05) is 18.6 Å². The molecule has 0 radical (unpaired) electrons. The highest BCUT2D eigenvalue weighted by atomic mass is 32.2. The molecule has 0 bridgehead atoms. The average Bonchev–Trinajstić information content (AvgIpc) is 3.45. The van der Waals surface area contributed by atoms with Crippen LogP contribution < -0.4 is 5.56 Å². The van der Waals surface area contributed by atoms with Crippen LogP contribution in [0.15, 0.2) is 59.7 Å².